The molecule has 6 nitrogen and oxygen atoms in total. The molecule has 2 bridgehead atoms. The zero-order chi connectivity index (χ0) is 19.5. The highest BCUT2D eigenvalue weighted by Crippen LogP contribution is 2.65. The quantitative estimate of drug-likeness (QED) is 0.559. The molecule has 6 rings (SSSR count). The SMILES string of the molecule is C[N@+]1(CC2CC2)CC[C@]23c4c5ccc(C(N)=O)c4O[C@@H]2C(=O)CCC3(O)[C@H]1C5.[Cl-]. The Balaban J connectivity index is 0.00000181. The van der Waals surface area contributed by atoms with Crippen LogP contribution < -0.4 is 22.9 Å². The minimum atomic E-state index is -0.984. The number of quaternary nitrogens is 1. The lowest BCUT2D eigenvalue weighted by Crippen LogP contribution is -3.00. The molecule has 0 radical (unpaired) electrons. The van der Waals surface area contributed by atoms with E-state index in [4.69, 9.17) is 10.5 Å². The molecule has 3 fully saturated rings. The molecule has 3 N–H and O–H groups in total. The summed E-state index contributed by atoms with van der Waals surface area (Å²) in [5, 5.41) is 12.3. The number of piperidine rings is 1. The Kier molecular flexibility index (Phi) is 3.83. The van der Waals surface area contributed by atoms with E-state index in [1.165, 1.54) is 12.8 Å². The normalized spacial score (nSPS) is 41.2. The minimum Gasteiger partial charge on any atom is -1.00 e. The summed E-state index contributed by atoms with van der Waals surface area (Å²) in [6, 6.07) is 3.77. The van der Waals surface area contributed by atoms with Crippen LogP contribution in [-0.2, 0) is 16.6 Å². The Hall–Kier alpha value is -1.63. The summed E-state index contributed by atoms with van der Waals surface area (Å²) in [6.45, 7) is 2.03. The smallest absolute Gasteiger partial charge is 0.252 e. The van der Waals surface area contributed by atoms with Gasteiger partial charge in [-0.3, -0.25) is 9.59 Å². The number of hydrogen-bond donors (Lipinski definition) is 2. The van der Waals surface area contributed by atoms with Gasteiger partial charge in [0.05, 0.1) is 31.1 Å². The van der Waals surface area contributed by atoms with Crippen molar-refractivity contribution in [3.63, 3.8) is 0 Å². The molecule has 1 aromatic rings. The number of likely N-dealkylation sites (tertiary alicyclic amines) is 1. The summed E-state index contributed by atoms with van der Waals surface area (Å²) in [4.78, 5) is 25.0. The molecule has 0 aromatic heterocycles. The van der Waals surface area contributed by atoms with Crippen molar-refractivity contribution in [3.05, 3.63) is 28.8 Å². The molecule has 29 heavy (non-hydrogen) atoms. The molecule has 2 aliphatic heterocycles. The van der Waals surface area contributed by atoms with Crippen LogP contribution in [0.2, 0.25) is 0 Å². The first-order valence-corrected chi connectivity index (χ1v) is 10.5. The average Bonchev–Trinajstić information content (AvgIpc) is 3.37. The van der Waals surface area contributed by atoms with Gasteiger partial charge in [0.15, 0.2) is 11.9 Å². The summed E-state index contributed by atoms with van der Waals surface area (Å²) < 4.78 is 7.06. The summed E-state index contributed by atoms with van der Waals surface area (Å²) in [6.07, 6.45) is 4.16. The number of primary amides is 1. The summed E-state index contributed by atoms with van der Waals surface area (Å²) in [5.74, 6) is 0.718. The molecule has 1 unspecified atom stereocenters. The van der Waals surface area contributed by atoms with Gasteiger partial charge in [-0.25, -0.2) is 0 Å². The first kappa shape index (κ1) is 19.3. The van der Waals surface area contributed by atoms with Crippen molar-refractivity contribution in [2.45, 2.75) is 61.7 Å². The maximum absolute atomic E-state index is 12.9. The van der Waals surface area contributed by atoms with E-state index in [1.54, 1.807) is 6.07 Å². The second-order valence-corrected chi connectivity index (χ2v) is 10.00. The van der Waals surface area contributed by atoms with Crippen LogP contribution in [0.15, 0.2) is 12.1 Å². The average molecular weight is 419 g/mol. The van der Waals surface area contributed by atoms with E-state index >= 15 is 0 Å². The lowest BCUT2D eigenvalue weighted by molar-refractivity contribution is -0.950. The Morgan fingerprint density at radius 1 is 1.34 bits per heavy atom. The van der Waals surface area contributed by atoms with Crippen molar-refractivity contribution < 1.29 is 36.3 Å². The third-order valence-corrected chi connectivity index (χ3v) is 8.56. The largest absolute Gasteiger partial charge is 1.00 e. The number of likely N-dealkylation sites (N-methyl/N-ethyl adjacent to an activating group) is 1. The van der Waals surface area contributed by atoms with Gasteiger partial charge < -0.3 is 32.5 Å². The van der Waals surface area contributed by atoms with Gasteiger partial charge in [-0.05, 0) is 30.9 Å². The van der Waals surface area contributed by atoms with Gasteiger partial charge in [0.25, 0.3) is 5.91 Å². The number of ether oxygens (including phenoxy) is 1. The molecular weight excluding hydrogens is 392 g/mol. The topological polar surface area (TPSA) is 89.6 Å². The second kappa shape index (κ2) is 5.74. The molecule has 1 aromatic carbocycles. The van der Waals surface area contributed by atoms with Gasteiger partial charge in [-0.15, -0.1) is 0 Å². The van der Waals surface area contributed by atoms with Crippen LogP contribution in [0.5, 0.6) is 5.75 Å². The number of aliphatic hydroxyl groups is 1. The number of amides is 1. The van der Waals surface area contributed by atoms with Crippen LogP contribution in [0.25, 0.3) is 0 Å². The van der Waals surface area contributed by atoms with Gasteiger partial charge in [0, 0.05) is 30.7 Å². The predicted octanol–water partition coefficient (Wildman–Crippen LogP) is -1.93. The number of rotatable bonds is 3. The molecule has 1 spiro atoms. The summed E-state index contributed by atoms with van der Waals surface area (Å²) in [5.41, 5.74) is 6.24. The Labute approximate surface area is 176 Å². The number of ketones is 1. The standard InChI is InChI=1S/C22H26N2O4.ClH/c1-24(11-12-2-3-12)9-8-21-17-13-4-5-14(20(23)26)18(17)28-19(21)15(25)6-7-22(21,27)16(24)10-13;/h4-5,12,16,19,27H,2-3,6-11H2,1H3,(H-,23,26);1H/t16-,19-,21+,22?,24-;/m1./s1. The lowest BCUT2D eigenvalue weighted by atomic mass is 9.48. The van der Waals surface area contributed by atoms with Gasteiger partial charge in [-0.2, -0.15) is 0 Å². The minimum absolute atomic E-state index is 0. The van der Waals surface area contributed by atoms with Crippen LogP contribution in [-0.4, -0.2) is 59.2 Å². The number of hydrogen-bond acceptors (Lipinski definition) is 4. The lowest BCUT2D eigenvalue weighted by Gasteiger charge is -2.64. The van der Waals surface area contributed by atoms with E-state index in [0.29, 0.717) is 30.6 Å². The number of halogens is 1. The fourth-order valence-electron chi connectivity index (χ4n) is 7.15. The van der Waals surface area contributed by atoms with Crippen LogP contribution >= 0.6 is 0 Å². The van der Waals surface area contributed by atoms with E-state index in [2.05, 4.69) is 7.05 Å². The maximum atomic E-state index is 12.9. The molecular formula is C22H27ClN2O4. The molecule has 156 valence electrons. The highest BCUT2D eigenvalue weighted by Gasteiger charge is 2.76. The van der Waals surface area contributed by atoms with Crippen LogP contribution in [0.3, 0.4) is 0 Å². The van der Waals surface area contributed by atoms with E-state index in [9.17, 15) is 14.7 Å². The van der Waals surface area contributed by atoms with E-state index in [0.717, 1.165) is 41.0 Å². The molecule has 5 atom stereocenters. The number of nitrogens with two attached hydrogens (primary N) is 1. The van der Waals surface area contributed by atoms with E-state index in [-0.39, 0.29) is 24.2 Å². The Morgan fingerprint density at radius 2 is 2.10 bits per heavy atom. The third-order valence-electron chi connectivity index (χ3n) is 8.56. The van der Waals surface area contributed by atoms with Crippen molar-refractivity contribution in [2.75, 3.05) is 20.1 Å². The van der Waals surface area contributed by atoms with Gasteiger partial charge in [0.1, 0.15) is 17.4 Å². The predicted molar refractivity (Wildman–Crippen MR) is 101 cm³/mol. The Morgan fingerprint density at radius 3 is 2.79 bits per heavy atom. The zero-order valence-electron chi connectivity index (χ0n) is 16.6. The zero-order valence-corrected chi connectivity index (χ0v) is 17.4. The highest BCUT2D eigenvalue weighted by atomic mass is 35.5. The molecule has 2 heterocycles. The second-order valence-electron chi connectivity index (χ2n) is 10.00. The first-order valence-electron chi connectivity index (χ1n) is 10.5. The fourth-order valence-corrected chi connectivity index (χ4v) is 7.15. The Bertz CT molecular complexity index is 947. The monoisotopic (exact) mass is 418 g/mol. The maximum Gasteiger partial charge on any atom is 0.252 e. The highest BCUT2D eigenvalue weighted by molar-refractivity contribution is 5.98. The van der Waals surface area contributed by atoms with Crippen molar-refractivity contribution in [1.29, 1.82) is 0 Å². The van der Waals surface area contributed by atoms with Crippen LogP contribution in [0.1, 0.15) is 53.6 Å². The van der Waals surface area contributed by atoms with Crippen molar-refractivity contribution in [3.8, 4) is 5.75 Å². The molecule has 1 amide bonds. The van der Waals surface area contributed by atoms with Gasteiger partial charge in [-0.1, -0.05) is 6.07 Å². The first-order chi connectivity index (χ1) is 13.3. The number of carbonyl (C=O) groups excluding carboxylic acids is 2. The molecule has 1 saturated heterocycles. The van der Waals surface area contributed by atoms with E-state index < -0.39 is 23.0 Å². The fraction of sp³-hybridized carbons (Fsp3) is 0.636. The number of Topliss-reactive ketones (excluding diaryl/α,β-unsaturated/α-hetero) is 1. The van der Waals surface area contributed by atoms with E-state index in [1.807, 2.05) is 6.07 Å². The number of carbonyl (C=O) groups is 2. The third kappa shape index (κ3) is 2.15. The van der Waals surface area contributed by atoms with Crippen molar-refractivity contribution in [2.24, 2.45) is 11.7 Å². The van der Waals surface area contributed by atoms with Crippen molar-refractivity contribution >= 4 is 11.7 Å². The number of benzene rings is 1. The molecule has 2 saturated carbocycles. The molecule has 7 heteroatoms. The summed E-state index contributed by atoms with van der Waals surface area (Å²) in [7, 11) is 2.29. The molecule has 3 aliphatic carbocycles. The summed E-state index contributed by atoms with van der Waals surface area (Å²) >= 11 is 0. The van der Waals surface area contributed by atoms with Gasteiger partial charge >= 0.3 is 0 Å². The van der Waals surface area contributed by atoms with Crippen molar-refractivity contribution in [1.82, 2.24) is 0 Å². The van der Waals surface area contributed by atoms with Crippen LogP contribution in [0.4, 0.5) is 0 Å². The van der Waals surface area contributed by atoms with Gasteiger partial charge in [0.2, 0.25) is 0 Å². The number of nitrogens with zero attached hydrogens (tertiary/aromatic N) is 1. The van der Waals surface area contributed by atoms with Crippen LogP contribution in [0, 0.1) is 5.92 Å². The molecule has 5 aliphatic rings.